The molecule has 1 aromatic rings. The molecule has 11 N–H and O–H groups in total. The second kappa shape index (κ2) is 17.0. The molecule has 224 valence electrons. The van der Waals surface area contributed by atoms with Gasteiger partial charge in [-0.2, -0.15) is 0 Å². The molecule has 0 aliphatic rings. The number of nitrogens with zero attached hydrogens (tertiary/aromatic N) is 1. The van der Waals surface area contributed by atoms with Crippen molar-refractivity contribution in [2.24, 2.45) is 34.0 Å². The number of aliphatic carboxylic acids is 1. The minimum Gasteiger partial charge on any atom is -0.508 e. The molecule has 40 heavy (non-hydrogen) atoms. The van der Waals surface area contributed by atoms with Crippen LogP contribution in [0.25, 0.3) is 0 Å². The molecule has 1 aromatic carbocycles. The van der Waals surface area contributed by atoms with E-state index >= 15 is 0 Å². The van der Waals surface area contributed by atoms with Crippen molar-refractivity contribution in [2.45, 2.75) is 84.0 Å². The summed E-state index contributed by atoms with van der Waals surface area (Å²) in [7, 11) is 0. The van der Waals surface area contributed by atoms with Crippen LogP contribution in [0.5, 0.6) is 5.75 Å². The van der Waals surface area contributed by atoms with Gasteiger partial charge in [0, 0.05) is 6.54 Å². The number of rotatable bonds is 17. The molecule has 0 aliphatic carbocycles. The molecule has 0 saturated carbocycles. The average molecular weight is 564 g/mol. The molecule has 0 saturated heterocycles. The number of carbonyl (C=O) groups excluding carboxylic acids is 3. The van der Waals surface area contributed by atoms with E-state index in [9.17, 15) is 29.4 Å². The Morgan fingerprint density at radius 3 is 1.85 bits per heavy atom. The van der Waals surface area contributed by atoms with E-state index in [1.807, 2.05) is 27.7 Å². The zero-order chi connectivity index (χ0) is 30.4. The maximum atomic E-state index is 13.3. The quantitative estimate of drug-likeness (QED) is 0.0719. The summed E-state index contributed by atoms with van der Waals surface area (Å²) in [6.45, 7) is 7.64. The first-order valence-electron chi connectivity index (χ1n) is 13.4. The van der Waals surface area contributed by atoms with Crippen LogP contribution in [0, 0.1) is 11.8 Å². The van der Waals surface area contributed by atoms with Crippen LogP contribution in [-0.4, -0.2) is 70.6 Å². The number of aromatic hydroxyl groups is 1. The number of carboxylic acids is 1. The van der Waals surface area contributed by atoms with Gasteiger partial charge in [-0.3, -0.25) is 19.4 Å². The standard InChI is InChI=1S/C27H45N7O6/c1-15(2)12-21(33-23(36)19(28)14-17-7-9-18(35)10-8-17)25(38)32-20(6-5-11-31-27(29)30)24(37)34-22(26(39)40)13-16(3)4/h7-10,15-16,19-22,35H,5-6,11-14,28H2,1-4H3,(H,32,38)(H,33,36)(H,34,37)(H,39,40)(H4,29,30,31). The summed E-state index contributed by atoms with van der Waals surface area (Å²) in [5.74, 6) is -3.00. The summed E-state index contributed by atoms with van der Waals surface area (Å²) < 4.78 is 0. The highest BCUT2D eigenvalue weighted by Gasteiger charge is 2.30. The number of aliphatic imine (C=N–C) groups is 1. The lowest BCUT2D eigenvalue weighted by molar-refractivity contribution is -0.142. The number of hydrogen-bond donors (Lipinski definition) is 8. The molecular weight excluding hydrogens is 518 g/mol. The molecular formula is C27H45N7O6. The van der Waals surface area contributed by atoms with Crippen LogP contribution in [-0.2, 0) is 25.6 Å². The zero-order valence-electron chi connectivity index (χ0n) is 23.7. The zero-order valence-corrected chi connectivity index (χ0v) is 23.7. The number of carbonyl (C=O) groups is 4. The fraction of sp³-hybridized carbons (Fsp3) is 0.593. The number of benzene rings is 1. The van der Waals surface area contributed by atoms with Crippen LogP contribution >= 0.6 is 0 Å². The summed E-state index contributed by atoms with van der Waals surface area (Å²) >= 11 is 0. The molecule has 3 amide bonds. The number of nitrogens with two attached hydrogens (primary N) is 3. The lowest BCUT2D eigenvalue weighted by Crippen LogP contribution is -2.57. The van der Waals surface area contributed by atoms with Crippen molar-refractivity contribution in [1.29, 1.82) is 0 Å². The first-order valence-corrected chi connectivity index (χ1v) is 13.4. The molecule has 13 nitrogen and oxygen atoms in total. The minimum atomic E-state index is -1.18. The molecule has 0 aliphatic heterocycles. The Bertz CT molecular complexity index is 1010. The molecule has 0 spiro atoms. The summed E-state index contributed by atoms with van der Waals surface area (Å²) in [6, 6.07) is 2.11. The van der Waals surface area contributed by atoms with Crippen molar-refractivity contribution in [2.75, 3.05) is 6.54 Å². The summed E-state index contributed by atoms with van der Waals surface area (Å²) in [4.78, 5) is 54.9. The third kappa shape index (κ3) is 13.3. The summed E-state index contributed by atoms with van der Waals surface area (Å²) in [5, 5.41) is 26.9. The Balaban J connectivity index is 3.03. The Hall–Kier alpha value is -3.87. The van der Waals surface area contributed by atoms with Crippen LogP contribution in [0.15, 0.2) is 29.3 Å². The fourth-order valence-corrected chi connectivity index (χ4v) is 3.97. The SMILES string of the molecule is CC(C)CC(NC(=O)C(CCCN=C(N)N)NC(=O)C(CC(C)C)NC(=O)C(N)Cc1ccc(O)cc1)C(=O)O. The number of nitrogens with one attached hydrogen (secondary N) is 3. The van der Waals surface area contributed by atoms with Crippen LogP contribution < -0.4 is 33.2 Å². The highest BCUT2D eigenvalue weighted by Crippen LogP contribution is 2.12. The largest absolute Gasteiger partial charge is 0.508 e. The Morgan fingerprint density at radius 2 is 1.32 bits per heavy atom. The molecule has 0 bridgehead atoms. The van der Waals surface area contributed by atoms with E-state index in [0.717, 1.165) is 5.56 Å². The summed E-state index contributed by atoms with van der Waals surface area (Å²) in [5.41, 5.74) is 17.5. The maximum absolute atomic E-state index is 13.3. The van der Waals surface area contributed by atoms with Gasteiger partial charge in [-0.15, -0.1) is 0 Å². The predicted molar refractivity (Wildman–Crippen MR) is 152 cm³/mol. The topological polar surface area (TPSA) is 235 Å². The molecule has 4 unspecified atom stereocenters. The normalized spacial score (nSPS) is 14.1. The first-order chi connectivity index (χ1) is 18.7. The van der Waals surface area contributed by atoms with Gasteiger partial charge in [0.15, 0.2) is 5.96 Å². The van der Waals surface area contributed by atoms with Gasteiger partial charge in [0.2, 0.25) is 17.7 Å². The van der Waals surface area contributed by atoms with Crippen LogP contribution in [0.1, 0.15) is 58.9 Å². The second-order valence-corrected chi connectivity index (χ2v) is 10.7. The van der Waals surface area contributed by atoms with Crippen molar-refractivity contribution >= 4 is 29.7 Å². The number of amides is 3. The van der Waals surface area contributed by atoms with Crippen molar-refractivity contribution in [3.8, 4) is 5.75 Å². The molecule has 4 atom stereocenters. The molecule has 0 aromatic heterocycles. The van der Waals surface area contributed by atoms with Crippen LogP contribution in [0.3, 0.4) is 0 Å². The third-order valence-corrected chi connectivity index (χ3v) is 5.97. The van der Waals surface area contributed by atoms with Crippen molar-refractivity contribution < 1.29 is 29.4 Å². The number of phenolic OH excluding ortho intramolecular Hbond substituents is 1. The van der Waals surface area contributed by atoms with Crippen molar-refractivity contribution in [3.63, 3.8) is 0 Å². The van der Waals surface area contributed by atoms with E-state index in [-0.39, 0.29) is 55.8 Å². The summed E-state index contributed by atoms with van der Waals surface area (Å²) in [6.07, 6.45) is 1.13. The average Bonchev–Trinajstić information content (AvgIpc) is 2.85. The number of phenols is 1. The lowest BCUT2D eigenvalue weighted by Gasteiger charge is -2.26. The maximum Gasteiger partial charge on any atom is 0.326 e. The van der Waals surface area contributed by atoms with Crippen molar-refractivity contribution in [1.82, 2.24) is 16.0 Å². The van der Waals surface area contributed by atoms with Gasteiger partial charge < -0.3 is 43.4 Å². The second-order valence-electron chi connectivity index (χ2n) is 10.7. The number of guanidine groups is 1. The smallest absolute Gasteiger partial charge is 0.326 e. The van der Waals surface area contributed by atoms with E-state index in [0.29, 0.717) is 6.42 Å². The fourth-order valence-electron chi connectivity index (χ4n) is 3.97. The van der Waals surface area contributed by atoms with Gasteiger partial charge in [-0.1, -0.05) is 39.8 Å². The van der Waals surface area contributed by atoms with E-state index < -0.39 is 47.9 Å². The van der Waals surface area contributed by atoms with E-state index in [1.54, 1.807) is 12.1 Å². The molecule has 13 heteroatoms. The third-order valence-electron chi connectivity index (χ3n) is 5.97. The van der Waals surface area contributed by atoms with Gasteiger partial charge in [-0.25, -0.2) is 4.79 Å². The predicted octanol–water partition coefficient (Wildman–Crippen LogP) is -0.0532. The highest BCUT2D eigenvalue weighted by atomic mass is 16.4. The van der Waals surface area contributed by atoms with E-state index in [1.165, 1.54) is 12.1 Å². The van der Waals surface area contributed by atoms with Gasteiger partial charge in [-0.05, 0) is 61.6 Å². The molecule has 0 heterocycles. The molecule has 0 fully saturated rings. The monoisotopic (exact) mass is 563 g/mol. The Kier molecular flexibility index (Phi) is 14.5. The van der Waals surface area contributed by atoms with E-state index in [4.69, 9.17) is 17.2 Å². The van der Waals surface area contributed by atoms with Gasteiger partial charge in [0.05, 0.1) is 6.04 Å². The van der Waals surface area contributed by atoms with Crippen LogP contribution in [0.4, 0.5) is 0 Å². The van der Waals surface area contributed by atoms with Gasteiger partial charge >= 0.3 is 5.97 Å². The first kappa shape index (κ1) is 34.2. The number of carboxylic acid groups (broad SMARTS) is 1. The molecule has 1 rings (SSSR count). The van der Waals surface area contributed by atoms with Gasteiger partial charge in [0.1, 0.15) is 23.9 Å². The van der Waals surface area contributed by atoms with E-state index in [2.05, 4.69) is 20.9 Å². The van der Waals surface area contributed by atoms with Crippen molar-refractivity contribution in [3.05, 3.63) is 29.8 Å². The highest BCUT2D eigenvalue weighted by molar-refractivity contribution is 5.94. The number of hydrogen-bond acceptors (Lipinski definition) is 7. The van der Waals surface area contributed by atoms with Crippen LogP contribution in [0.2, 0.25) is 0 Å². The minimum absolute atomic E-state index is 0.00715. The van der Waals surface area contributed by atoms with Gasteiger partial charge in [0.25, 0.3) is 0 Å². The lowest BCUT2D eigenvalue weighted by atomic mass is 10.00. The Labute approximate surface area is 235 Å². The molecule has 0 radical (unpaired) electrons. The Morgan fingerprint density at radius 1 is 0.825 bits per heavy atom.